The summed E-state index contributed by atoms with van der Waals surface area (Å²) in [5.74, 6) is 0. The Labute approximate surface area is 123 Å². The van der Waals surface area contributed by atoms with Gasteiger partial charge in [0.2, 0.25) is 0 Å². The minimum absolute atomic E-state index is 1.18. The average molecular weight is 432 g/mol. The van der Waals surface area contributed by atoms with E-state index in [1.165, 1.54) is 42.2 Å². The molecule has 0 unspecified atom stereocenters. The molecular weight excluding hydrogens is 422 g/mol. The molecule has 0 nitrogen and oxygen atoms in total. The lowest BCUT2D eigenvalue weighted by Crippen LogP contribution is -2.06. The minimum atomic E-state index is 1.18. The van der Waals surface area contributed by atoms with Crippen LogP contribution in [0.1, 0.15) is 11.1 Å². The molecule has 2 aromatic carbocycles. The first-order valence-corrected chi connectivity index (χ1v) is 7.48. The Hall–Kier alpha value is -0.100. The Kier molecular flexibility index (Phi) is 2.96. The van der Waals surface area contributed by atoms with Crippen molar-refractivity contribution in [3.8, 4) is 11.1 Å². The molecule has 0 atom stereocenters. The molecule has 3 rings (SSSR count). The lowest BCUT2D eigenvalue weighted by atomic mass is 9.86. The van der Waals surface area contributed by atoms with Crippen LogP contribution in [0.2, 0.25) is 0 Å². The second-order valence-corrected chi connectivity index (χ2v) is 6.29. The quantitative estimate of drug-likeness (QED) is 0.532. The van der Waals surface area contributed by atoms with Gasteiger partial charge in [0.1, 0.15) is 0 Å². The molecule has 0 spiro atoms. The number of benzene rings is 2. The Morgan fingerprint density at radius 2 is 1.62 bits per heavy atom. The van der Waals surface area contributed by atoms with Crippen molar-refractivity contribution in [1.29, 1.82) is 0 Å². The molecule has 0 radical (unpaired) electrons. The Morgan fingerprint density at radius 1 is 0.812 bits per heavy atom. The van der Waals surface area contributed by atoms with Crippen molar-refractivity contribution in [3.05, 3.63) is 54.7 Å². The normalized spacial score (nSPS) is 13.1. The molecule has 0 amide bonds. The first kappa shape index (κ1) is 11.0. The molecule has 0 bridgehead atoms. The first-order chi connectivity index (χ1) is 7.77. The third-order valence-corrected chi connectivity index (χ3v) is 6.31. The lowest BCUT2D eigenvalue weighted by molar-refractivity contribution is 0.934. The number of rotatable bonds is 0. The fraction of sp³-hybridized carbons (Fsp3) is 0.143. The van der Waals surface area contributed by atoms with Crippen LogP contribution in [-0.4, -0.2) is 0 Å². The smallest absolute Gasteiger partial charge is 0.0302 e. The Morgan fingerprint density at radius 3 is 2.50 bits per heavy atom. The van der Waals surface area contributed by atoms with Gasteiger partial charge in [-0.2, -0.15) is 0 Å². The van der Waals surface area contributed by atoms with Gasteiger partial charge in [-0.15, -0.1) is 0 Å². The van der Waals surface area contributed by atoms with E-state index in [2.05, 4.69) is 81.6 Å². The van der Waals surface area contributed by atoms with Crippen LogP contribution in [0.4, 0.5) is 0 Å². The molecule has 2 heteroatoms. The summed E-state index contributed by atoms with van der Waals surface area (Å²) in [7, 11) is 0. The molecule has 0 aliphatic heterocycles. The molecule has 1 aliphatic carbocycles. The summed E-state index contributed by atoms with van der Waals surface area (Å²) in [6, 6.07) is 13.3. The number of hydrogen-bond acceptors (Lipinski definition) is 0. The van der Waals surface area contributed by atoms with Gasteiger partial charge in [-0.25, -0.2) is 0 Å². The molecule has 80 valence electrons. The fourth-order valence-electron chi connectivity index (χ4n) is 2.35. The molecular formula is C14H10I2. The monoisotopic (exact) mass is 432 g/mol. The summed E-state index contributed by atoms with van der Waals surface area (Å²) in [6.07, 6.45) is 2.36. The van der Waals surface area contributed by atoms with Gasteiger partial charge < -0.3 is 0 Å². The van der Waals surface area contributed by atoms with Gasteiger partial charge in [0.05, 0.1) is 0 Å². The van der Waals surface area contributed by atoms with Gasteiger partial charge >= 0.3 is 0 Å². The molecule has 16 heavy (non-hydrogen) atoms. The van der Waals surface area contributed by atoms with Gasteiger partial charge in [0, 0.05) is 7.14 Å². The van der Waals surface area contributed by atoms with E-state index in [1.807, 2.05) is 0 Å². The molecule has 2 aromatic rings. The zero-order valence-electron chi connectivity index (χ0n) is 8.63. The third-order valence-electron chi connectivity index (χ3n) is 3.15. The van der Waals surface area contributed by atoms with E-state index in [-0.39, 0.29) is 0 Å². The number of hydrogen-bond donors (Lipinski definition) is 0. The van der Waals surface area contributed by atoms with Crippen molar-refractivity contribution >= 4 is 45.2 Å². The van der Waals surface area contributed by atoms with Gasteiger partial charge in [-0.3, -0.25) is 0 Å². The summed E-state index contributed by atoms with van der Waals surface area (Å²) in [4.78, 5) is 0. The van der Waals surface area contributed by atoms with E-state index in [9.17, 15) is 0 Å². The van der Waals surface area contributed by atoms with Crippen LogP contribution in [0.5, 0.6) is 0 Å². The van der Waals surface area contributed by atoms with Crippen molar-refractivity contribution < 1.29 is 0 Å². The van der Waals surface area contributed by atoms with E-state index in [0.717, 1.165) is 0 Å². The summed E-state index contributed by atoms with van der Waals surface area (Å²) < 4.78 is 2.81. The maximum atomic E-state index is 2.48. The summed E-state index contributed by atoms with van der Waals surface area (Å²) >= 11 is 4.90. The Balaban J connectivity index is 2.30. The molecule has 0 fully saturated rings. The van der Waals surface area contributed by atoms with Gasteiger partial charge in [-0.05, 0) is 86.3 Å². The summed E-state index contributed by atoms with van der Waals surface area (Å²) in [6.45, 7) is 0. The van der Waals surface area contributed by atoms with E-state index in [1.54, 1.807) is 0 Å². The highest BCUT2D eigenvalue weighted by molar-refractivity contribution is 14.1. The predicted octanol–water partition coefficient (Wildman–Crippen LogP) is 4.66. The van der Waals surface area contributed by atoms with Gasteiger partial charge in [0.25, 0.3) is 0 Å². The van der Waals surface area contributed by atoms with Gasteiger partial charge in [0.15, 0.2) is 0 Å². The van der Waals surface area contributed by atoms with Crippen molar-refractivity contribution in [3.63, 3.8) is 0 Å². The highest BCUT2D eigenvalue weighted by atomic mass is 127. The minimum Gasteiger partial charge on any atom is -0.0620 e. The zero-order chi connectivity index (χ0) is 11.1. The van der Waals surface area contributed by atoms with E-state index in [0.29, 0.717) is 0 Å². The fourth-order valence-corrected chi connectivity index (χ4v) is 3.60. The van der Waals surface area contributed by atoms with Crippen LogP contribution in [0.25, 0.3) is 11.1 Å². The van der Waals surface area contributed by atoms with Crippen LogP contribution >= 0.6 is 45.2 Å². The maximum absolute atomic E-state index is 2.48. The highest BCUT2D eigenvalue weighted by Gasteiger charge is 2.18. The second-order valence-electron chi connectivity index (χ2n) is 4.04. The maximum Gasteiger partial charge on any atom is 0.0302 e. The Bertz CT molecular complexity index is 559. The van der Waals surface area contributed by atoms with Crippen molar-refractivity contribution in [2.24, 2.45) is 0 Å². The molecule has 0 saturated carbocycles. The van der Waals surface area contributed by atoms with Crippen LogP contribution in [0.15, 0.2) is 36.4 Å². The largest absolute Gasteiger partial charge is 0.0620 e. The van der Waals surface area contributed by atoms with E-state index >= 15 is 0 Å². The molecule has 0 saturated heterocycles. The molecule has 0 aromatic heterocycles. The number of halogens is 2. The van der Waals surface area contributed by atoms with Crippen molar-refractivity contribution in [2.45, 2.75) is 12.8 Å². The molecule has 1 aliphatic rings. The zero-order valence-corrected chi connectivity index (χ0v) is 12.9. The highest BCUT2D eigenvalue weighted by Crippen LogP contribution is 2.36. The third kappa shape index (κ3) is 1.70. The lowest BCUT2D eigenvalue weighted by Gasteiger charge is -2.21. The number of aryl methyl sites for hydroxylation is 1. The summed E-state index contributed by atoms with van der Waals surface area (Å²) in [5, 5.41) is 0. The molecule has 0 N–H and O–H groups in total. The second kappa shape index (κ2) is 4.29. The van der Waals surface area contributed by atoms with Crippen LogP contribution in [0, 0.1) is 7.14 Å². The van der Waals surface area contributed by atoms with Crippen LogP contribution < -0.4 is 0 Å². The summed E-state index contributed by atoms with van der Waals surface area (Å²) in [5.41, 5.74) is 5.89. The van der Waals surface area contributed by atoms with Crippen LogP contribution in [0.3, 0.4) is 0 Å². The van der Waals surface area contributed by atoms with Crippen LogP contribution in [-0.2, 0) is 12.8 Å². The van der Waals surface area contributed by atoms with Crippen molar-refractivity contribution in [1.82, 2.24) is 0 Å². The topological polar surface area (TPSA) is 0 Å². The van der Waals surface area contributed by atoms with E-state index < -0.39 is 0 Å². The standard InChI is InChI=1S/C14H10I2/c15-13-8-7-11-10-4-2-1-3-9(10)5-6-12(11)14(13)16/h1-4,7-8H,5-6H2. The molecule has 0 heterocycles. The van der Waals surface area contributed by atoms with Gasteiger partial charge in [-0.1, -0.05) is 30.3 Å². The van der Waals surface area contributed by atoms with Crippen molar-refractivity contribution in [2.75, 3.05) is 0 Å². The average Bonchev–Trinajstić information content (AvgIpc) is 2.33. The number of fused-ring (bicyclic) bond motifs is 3. The first-order valence-electron chi connectivity index (χ1n) is 5.32. The SMILES string of the molecule is Ic1ccc2c(c1I)CCc1ccccc1-2. The predicted molar refractivity (Wildman–Crippen MR) is 84.7 cm³/mol. The van der Waals surface area contributed by atoms with E-state index in [4.69, 9.17) is 0 Å².